The second-order valence-corrected chi connectivity index (χ2v) is 8.00. The minimum Gasteiger partial charge on any atom is -0.497 e. The number of methoxy groups -OCH3 is 2. The number of benzene rings is 2. The highest BCUT2D eigenvalue weighted by Crippen LogP contribution is 2.50. The van der Waals surface area contributed by atoms with Crippen LogP contribution in [0.15, 0.2) is 64.3 Å². The van der Waals surface area contributed by atoms with Crippen molar-refractivity contribution in [1.29, 1.82) is 0 Å². The molecule has 6 nitrogen and oxygen atoms in total. The maximum absolute atomic E-state index is 13.5. The zero-order chi connectivity index (χ0) is 21.5. The number of ketones is 1. The Morgan fingerprint density at radius 3 is 2.55 bits per heavy atom. The number of carbonyl (C=O) groups is 1. The van der Waals surface area contributed by atoms with Crippen LogP contribution in [0.3, 0.4) is 0 Å². The molecule has 0 spiro atoms. The van der Waals surface area contributed by atoms with Gasteiger partial charge in [0.1, 0.15) is 11.5 Å². The summed E-state index contributed by atoms with van der Waals surface area (Å²) < 4.78 is 16.5. The van der Waals surface area contributed by atoms with Crippen molar-refractivity contribution in [2.75, 3.05) is 19.5 Å². The molecule has 5 rings (SSSR count). The van der Waals surface area contributed by atoms with Crippen molar-refractivity contribution in [2.24, 2.45) is 0 Å². The van der Waals surface area contributed by atoms with Crippen LogP contribution in [-0.2, 0) is 4.79 Å². The van der Waals surface area contributed by atoms with Gasteiger partial charge in [-0.3, -0.25) is 4.79 Å². The van der Waals surface area contributed by atoms with Gasteiger partial charge in [0.2, 0.25) is 5.88 Å². The van der Waals surface area contributed by atoms with Gasteiger partial charge in [0.05, 0.1) is 31.4 Å². The number of nitrogens with zero attached hydrogens (tertiary/aromatic N) is 1. The van der Waals surface area contributed by atoms with E-state index in [1.165, 1.54) is 0 Å². The van der Waals surface area contributed by atoms with E-state index in [4.69, 9.17) is 14.0 Å². The van der Waals surface area contributed by atoms with E-state index in [1.54, 1.807) is 14.2 Å². The maximum Gasteiger partial charge on any atom is 0.233 e. The molecule has 2 aliphatic rings. The summed E-state index contributed by atoms with van der Waals surface area (Å²) >= 11 is 0. The Morgan fingerprint density at radius 2 is 1.81 bits per heavy atom. The van der Waals surface area contributed by atoms with Crippen molar-refractivity contribution >= 4 is 11.7 Å². The topological polar surface area (TPSA) is 73.6 Å². The largest absolute Gasteiger partial charge is 0.497 e. The van der Waals surface area contributed by atoms with E-state index in [0.717, 1.165) is 51.6 Å². The van der Waals surface area contributed by atoms with Gasteiger partial charge in [0.25, 0.3) is 0 Å². The van der Waals surface area contributed by atoms with E-state index < -0.39 is 0 Å². The van der Waals surface area contributed by atoms with Crippen molar-refractivity contribution in [2.45, 2.75) is 31.6 Å². The zero-order valence-electron chi connectivity index (χ0n) is 17.8. The van der Waals surface area contributed by atoms with Gasteiger partial charge >= 0.3 is 0 Å². The van der Waals surface area contributed by atoms with Crippen LogP contribution < -0.4 is 14.8 Å². The van der Waals surface area contributed by atoms with Gasteiger partial charge in [0.15, 0.2) is 5.78 Å². The average Bonchev–Trinajstić information content (AvgIpc) is 3.17. The standard InChI is InChI=1S/C25H24N2O4/c1-14-22-23(18-6-4-5-7-21(18)30-3)24-19(26-25(22)31-27-14)12-16(13-20(24)28)15-8-10-17(29-2)11-9-15/h4-11,16,23,26H,12-13H2,1-3H3/t16-,23+/m1/s1. The highest BCUT2D eigenvalue weighted by molar-refractivity contribution is 6.01. The number of allylic oxidation sites excluding steroid dienone is 2. The number of fused-ring (bicyclic) bond motifs is 1. The Hall–Kier alpha value is -3.54. The third-order valence-corrected chi connectivity index (χ3v) is 6.30. The Bertz CT molecular complexity index is 1180. The fourth-order valence-corrected chi connectivity index (χ4v) is 4.80. The molecular weight excluding hydrogens is 392 g/mol. The van der Waals surface area contributed by atoms with Crippen LogP contribution in [0, 0.1) is 6.92 Å². The van der Waals surface area contributed by atoms with Crippen LogP contribution >= 0.6 is 0 Å². The Balaban J connectivity index is 1.61. The molecule has 0 bridgehead atoms. The third-order valence-electron chi connectivity index (χ3n) is 6.30. The van der Waals surface area contributed by atoms with E-state index in [-0.39, 0.29) is 17.6 Å². The number of anilines is 1. The fraction of sp³-hybridized carbons (Fsp3) is 0.280. The third kappa shape index (κ3) is 3.19. The molecule has 2 atom stereocenters. The smallest absolute Gasteiger partial charge is 0.233 e. The number of rotatable bonds is 4. The lowest BCUT2D eigenvalue weighted by atomic mass is 9.72. The molecule has 0 saturated carbocycles. The number of nitrogens with one attached hydrogen (secondary N) is 1. The molecule has 1 aliphatic heterocycles. The fourth-order valence-electron chi connectivity index (χ4n) is 4.80. The maximum atomic E-state index is 13.5. The lowest BCUT2D eigenvalue weighted by Crippen LogP contribution is -2.29. The number of ether oxygens (including phenoxy) is 2. The summed E-state index contributed by atoms with van der Waals surface area (Å²) in [7, 11) is 3.30. The van der Waals surface area contributed by atoms with Gasteiger partial charge < -0.3 is 19.3 Å². The minimum absolute atomic E-state index is 0.0912. The molecule has 0 saturated heterocycles. The predicted molar refractivity (Wildman–Crippen MR) is 117 cm³/mol. The van der Waals surface area contributed by atoms with Crippen molar-refractivity contribution in [3.63, 3.8) is 0 Å². The summed E-state index contributed by atoms with van der Waals surface area (Å²) in [6.07, 6.45) is 1.18. The van der Waals surface area contributed by atoms with Crippen molar-refractivity contribution in [3.8, 4) is 11.5 Å². The lowest BCUT2D eigenvalue weighted by molar-refractivity contribution is -0.116. The van der Waals surface area contributed by atoms with Gasteiger partial charge in [0, 0.05) is 23.3 Å². The molecule has 6 heteroatoms. The summed E-state index contributed by atoms with van der Waals surface area (Å²) in [4.78, 5) is 13.5. The lowest BCUT2D eigenvalue weighted by Gasteiger charge is -2.34. The van der Waals surface area contributed by atoms with Crippen LogP contribution in [0.2, 0.25) is 0 Å². The average molecular weight is 416 g/mol. The van der Waals surface area contributed by atoms with Crippen molar-refractivity contribution < 1.29 is 18.8 Å². The molecule has 2 heterocycles. The van der Waals surface area contributed by atoms with E-state index >= 15 is 0 Å². The van der Waals surface area contributed by atoms with E-state index in [9.17, 15) is 4.79 Å². The molecule has 1 N–H and O–H groups in total. The van der Waals surface area contributed by atoms with Crippen LogP contribution in [-0.4, -0.2) is 25.2 Å². The molecule has 2 aromatic carbocycles. The van der Waals surface area contributed by atoms with Crippen LogP contribution in [0.4, 0.5) is 5.88 Å². The molecule has 158 valence electrons. The molecule has 0 unspecified atom stereocenters. The minimum atomic E-state index is -0.266. The van der Waals surface area contributed by atoms with Crippen molar-refractivity contribution in [1.82, 2.24) is 5.16 Å². The van der Waals surface area contributed by atoms with Crippen molar-refractivity contribution in [3.05, 3.63) is 82.2 Å². The van der Waals surface area contributed by atoms with Gasteiger partial charge in [-0.2, -0.15) is 0 Å². The highest BCUT2D eigenvalue weighted by atomic mass is 16.5. The Labute approximate surface area is 180 Å². The Morgan fingerprint density at radius 1 is 1.03 bits per heavy atom. The first-order chi connectivity index (χ1) is 15.1. The number of hydrogen-bond donors (Lipinski definition) is 1. The van der Waals surface area contributed by atoms with Crippen LogP contribution in [0.1, 0.15) is 47.1 Å². The first kappa shape index (κ1) is 19.4. The number of para-hydroxylation sites is 1. The second-order valence-electron chi connectivity index (χ2n) is 8.00. The predicted octanol–water partition coefficient (Wildman–Crippen LogP) is 4.96. The first-order valence-corrected chi connectivity index (χ1v) is 10.4. The zero-order valence-corrected chi connectivity index (χ0v) is 17.8. The Kier molecular flexibility index (Phi) is 4.77. The summed E-state index contributed by atoms with van der Waals surface area (Å²) in [6, 6.07) is 15.8. The molecule has 31 heavy (non-hydrogen) atoms. The van der Waals surface area contributed by atoms with Gasteiger partial charge in [-0.1, -0.05) is 35.5 Å². The summed E-state index contributed by atoms with van der Waals surface area (Å²) in [5, 5.41) is 7.55. The molecule has 1 aliphatic carbocycles. The van der Waals surface area contributed by atoms with E-state index in [0.29, 0.717) is 12.3 Å². The second kappa shape index (κ2) is 7.61. The van der Waals surface area contributed by atoms with Gasteiger partial charge in [-0.15, -0.1) is 0 Å². The van der Waals surface area contributed by atoms with E-state index in [1.807, 2.05) is 55.5 Å². The van der Waals surface area contributed by atoms with Crippen LogP contribution in [0.25, 0.3) is 0 Å². The normalized spacial score (nSPS) is 20.0. The number of aromatic nitrogens is 1. The quantitative estimate of drug-likeness (QED) is 0.648. The molecule has 0 fully saturated rings. The van der Waals surface area contributed by atoms with E-state index in [2.05, 4.69) is 10.5 Å². The SMILES string of the molecule is COc1ccc([C@H]2CC(=O)C3=C(C2)Nc2onc(C)c2[C@@H]3c2ccccc2OC)cc1. The van der Waals surface area contributed by atoms with Gasteiger partial charge in [-0.05, 0) is 43.0 Å². The molecule has 0 amide bonds. The number of hydrogen-bond acceptors (Lipinski definition) is 6. The number of aryl methyl sites for hydroxylation is 1. The summed E-state index contributed by atoms with van der Waals surface area (Å²) in [5.74, 6) is 2.12. The molecule has 0 radical (unpaired) electrons. The van der Waals surface area contributed by atoms with Crippen LogP contribution in [0.5, 0.6) is 11.5 Å². The number of Topliss-reactive ketones (excluding diaryl/α,β-unsaturated/α-hetero) is 1. The molecular formula is C25H24N2O4. The molecule has 1 aromatic heterocycles. The highest BCUT2D eigenvalue weighted by Gasteiger charge is 2.42. The number of carbonyl (C=O) groups excluding carboxylic acids is 1. The molecule has 3 aromatic rings. The monoisotopic (exact) mass is 416 g/mol. The summed E-state index contributed by atoms with van der Waals surface area (Å²) in [5.41, 5.74) is 5.43. The first-order valence-electron chi connectivity index (χ1n) is 10.4. The summed E-state index contributed by atoms with van der Waals surface area (Å²) in [6.45, 7) is 1.91. The van der Waals surface area contributed by atoms with Gasteiger partial charge in [-0.25, -0.2) is 0 Å².